The van der Waals surface area contributed by atoms with Crippen molar-refractivity contribution in [3.63, 3.8) is 0 Å². The van der Waals surface area contributed by atoms with Gasteiger partial charge in [-0.15, -0.1) is 0 Å². The van der Waals surface area contributed by atoms with Gasteiger partial charge in [0.2, 0.25) is 0 Å². The highest BCUT2D eigenvalue weighted by molar-refractivity contribution is 5.80. The lowest BCUT2D eigenvalue weighted by molar-refractivity contribution is 0.0131. The summed E-state index contributed by atoms with van der Waals surface area (Å²) >= 11 is 0. The molecule has 144 valence electrons. The molecule has 3 rings (SSSR count). The number of hydrogen-bond acceptors (Lipinski definition) is 3. The van der Waals surface area contributed by atoms with Crippen LogP contribution in [0.4, 0.5) is 0 Å². The van der Waals surface area contributed by atoms with Gasteiger partial charge >= 0.3 is 0 Å². The third-order valence-corrected chi connectivity index (χ3v) is 6.37. The molecule has 2 saturated carbocycles. The molecule has 3 fully saturated rings. The quantitative estimate of drug-likeness (QED) is 0.527. The molecule has 5 heteroatoms. The van der Waals surface area contributed by atoms with E-state index in [2.05, 4.69) is 22.5 Å². The zero-order valence-electron chi connectivity index (χ0n) is 16.1. The van der Waals surface area contributed by atoms with Crippen LogP contribution < -0.4 is 10.6 Å². The minimum absolute atomic E-state index is 0.511. The van der Waals surface area contributed by atoms with Crippen LogP contribution in [-0.4, -0.2) is 59.8 Å². The molecule has 0 unspecified atom stereocenters. The largest absolute Gasteiger partial charge is 0.388 e. The highest BCUT2D eigenvalue weighted by Gasteiger charge is 2.30. The molecule has 0 aromatic carbocycles. The number of hydrogen-bond donors (Lipinski definition) is 3. The molecular formula is C20H38N4O. The lowest BCUT2D eigenvalue weighted by Gasteiger charge is -2.37. The maximum absolute atomic E-state index is 10.7. The Morgan fingerprint density at radius 3 is 2.36 bits per heavy atom. The first-order valence-electron chi connectivity index (χ1n) is 10.7. The van der Waals surface area contributed by atoms with E-state index in [4.69, 9.17) is 4.99 Å². The predicted octanol–water partition coefficient (Wildman–Crippen LogP) is 2.64. The maximum Gasteiger partial charge on any atom is 0.191 e. The molecule has 1 aliphatic heterocycles. The second kappa shape index (κ2) is 9.22. The topological polar surface area (TPSA) is 59.9 Å². The Balaban J connectivity index is 1.47. The number of nitrogens with one attached hydrogen (secondary N) is 2. The first-order valence-corrected chi connectivity index (χ1v) is 10.7. The van der Waals surface area contributed by atoms with E-state index in [1.54, 1.807) is 0 Å². The molecule has 0 aromatic heterocycles. The fourth-order valence-electron chi connectivity index (χ4n) is 4.79. The molecule has 1 saturated heterocycles. The van der Waals surface area contributed by atoms with Gasteiger partial charge in [0, 0.05) is 31.7 Å². The molecular weight excluding hydrogens is 312 g/mol. The molecule has 5 nitrogen and oxygen atoms in total. The smallest absolute Gasteiger partial charge is 0.191 e. The summed E-state index contributed by atoms with van der Waals surface area (Å²) in [5.41, 5.74) is -0.577. The third kappa shape index (κ3) is 5.58. The third-order valence-electron chi connectivity index (χ3n) is 6.37. The lowest BCUT2D eigenvalue weighted by atomic mass is 9.85. The molecule has 3 N–H and O–H groups in total. The summed E-state index contributed by atoms with van der Waals surface area (Å²) < 4.78 is 0. The van der Waals surface area contributed by atoms with Gasteiger partial charge in [-0.1, -0.05) is 32.1 Å². The summed E-state index contributed by atoms with van der Waals surface area (Å²) in [6.45, 7) is 5.93. The Kier molecular flexibility index (Phi) is 7.00. The van der Waals surface area contributed by atoms with Crippen LogP contribution in [0, 0.1) is 0 Å². The monoisotopic (exact) mass is 350 g/mol. The molecule has 3 aliphatic rings. The second-order valence-electron chi connectivity index (χ2n) is 8.37. The van der Waals surface area contributed by atoms with E-state index in [9.17, 15) is 5.11 Å². The standard InChI is InChI=1S/C20H38N4O/c1-2-21-19(22-16-20(25)12-6-3-7-13-20)23-17-10-14-24(15-11-17)18-8-4-5-9-18/h17-18,25H,2-16H2,1H3,(H2,21,22,23). The van der Waals surface area contributed by atoms with E-state index >= 15 is 0 Å². The van der Waals surface area contributed by atoms with Crippen LogP contribution in [0.15, 0.2) is 4.99 Å². The summed E-state index contributed by atoms with van der Waals surface area (Å²) in [6, 6.07) is 1.36. The van der Waals surface area contributed by atoms with Crippen molar-refractivity contribution in [3.05, 3.63) is 0 Å². The van der Waals surface area contributed by atoms with Crippen molar-refractivity contribution < 1.29 is 5.11 Å². The number of likely N-dealkylation sites (tertiary alicyclic amines) is 1. The van der Waals surface area contributed by atoms with E-state index in [0.717, 1.165) is 44.2 Å². The van der Waals surface area contributed by atoms with E-state index in [1.807, 2.05) is 0 Å². The first-order chi connectivity index (χ1) is 12.2. The highest BCUT2D eigenvalue weighted by atomic mass is 16.3. The molecule has 2 aliphatic carbocycles. The number of piperidine rings is 1. The number of aliphatic hydroxyl groups is 1. The van der Waals surface area contributed by atoms with Crippen molar-refractivity contribution >= 4 is 5.96 Å². The average molecular weight is 351 g/mol. The first kappa shape index (κ1) is 19.0. The van der Waals surface area contributed by atoms with Crippen molar-refractivity contribution in [1.29, 1.82) is 0 Å². The number of aliphatic imine (C=N–C) groups is 1. The van der Waals surface area contributed by atoms with Crippen molar-refractivity contribution in [1.82, 2.24) is 15.5 Å². The normalized spacial score (nSPS) is 26.7. The molecule has 25 heavy (non-hydrogen) atoms. The van der Waals surface area contributed by atoms with Crippen molar-refractivity contribution in [2.24, 2.45) is 4.99 Å². The van der Waals surface area contributed by atoms with Gasteiger partial charge in [0.15, 0.2) is 5.96 Å². The maximum atomic E-state index is 10.7. The average Bonchev–Trinajstić information content (AvgIpc) is 3.16. The fourth-order valence-corrected chi connectivity index (χ4v) is 4.79. The SMILES string of the molecule is CCNC(=NCC1(O)CCCCC1)NC1CCN(C2CCCC2)CC1. The Morgan fingerprint density at radius 2 is 1.72 bits per heavy atom. The second-order valence-corrected chi connectivity index (χ2v) is 8.37. The van der Waals surface area contributed by atoms with Gasteiger partial charge in [0.05, 0.1) is 12.1 Å². The summed E-state index contributed by atoms with van der Waals surface area (Å²) in [5.74, 6) is 0.890. The molecule has 0 bridgehead atoms. The summed E-state index contributed by atoms with van der Waals surface area (Å²) in [5, 5.41) is 17.7. The Morgan fingerprint density at radius 1 is 1.04 bits per heavy atom. The number of rotatable bonds is 5. The van der Waals surface area contributed by atoms with E-state index < -0.39 is 5.60 Å². The van der Waals surface area contributed by atoms with Crippen molar-refractivity contribution in [3.8, 4) is 0 Å². The van der Waals surface area contributed by atoms with Crippen molar-refractivity contribution in [2.75, 3.05) is 26.2 Å². The van der Waals surface area contributed by atoms with Gasteiger partial charge in [0.25, 0.3) is 0 Å². The van der Waals surface area contributed by atoms with E-state index in [1.165, 1.54) is 58.0 Å². The molecule has 0 amide bonds. The van der Waals surface area contributed by atoms with Gasteiger partial charge in [-0.25, -0.2) is 0 Å². The minimum atomic E-state index is -0.577. The highest BCUT2D eigenvalue weighted by Crippen LogP contribution is 2.28. The summed E-state index contributed by atoms with van der Waals surface area (Å²) in [4.78, 5) is 7.44. The van der Waals surface area contributed by atoms with Gasteiger partial charge in [0.1, 0.15) is 0 Å². The number of nitrogens with zero attached hydrogens (tertiary/aromatic N) is 2. The predicted molar refractivity (Wildman–Crippen MR) is 104 cm³/mol. The van der Waals surface area contributed by atoms with Gasteiger partial charge in [-0.3, -0.25) is 4.99 Å². The van der Waals surface area contributed by atoms with Crippen LogP contribution in [0.3, 0.4) is 0 Å². The van der Waals surface area contributed by atoms with Crippen LogP contribution in [-0.2, 0) is 0 Å². The Bertz CT molecular complexity index is 419. The van der Waals surface area contributed by atoms with E-state index in [0.29, 0.717) is 12.6 Å². The Hall–Kier alpha value is -0.810. The Labute approximate surface area is 153 Å². The van der Waals surface area contributed by atoms with Crippen LogP contribution >= 0.6 is 0 Å². The van der Waals surface area contributed by atoms with Gasteiger partial charge < -0.3 is 20.6 Å². The summed E-state index contributed by atoms with van der Waals surface area (Å²) in [6.07, 6.45) is 13.4. The van der Waals surface area contributed by atoms with Gasteiger partial charge in [-0.2, -0.15) is 0 Å². The summed E-state index contributed by atoms with van der Waals surface area (Å²) in [7, 11) is 0. The zero-order chi connectivity index (χ0) is 17.5. The zero-order valence-corrected chi connectivity index (χ0v) is 16.1. The fraction of sp³-hybridized carbons (Fsp3) is 0.950. The van der Waals surface area contributed by atoms with Crippen molar-refractivity contribution in [2.45, 2.75) is 95.2 Å². The van der Waals surface area contributed by atoms with E-state index in [-0.39, 0.29) is 0 Å². The van der Waals surface area contributed by atoms with Crippen LogP contribution in [0.5, 0.6) is 0 Å². The molecule has 1 heterocycles. The minimum Gasteiger partial charge on any atom is -0.388 e. The molecule has 0 radical (unpaired) electrons. The molecule has 0 aromatic rings. The van der Waals surface area contributed by atoms with Crippen LogP contribution in [0.2, 0.25) is 0 Å². The van der Waals surface area contributed by atoms with Gasteiger partial charge in [-0.05, 0) is 45.4 Å². The molecule has 0 spiro atoms. The van der Waals surface area contributed by atoms with Crippen LogP contribution in [0.25, 0.3) is 0 Å². The lowest BCUT2D eigenvalue weighted by Crippen LogP contribution is -2.50. The van der Waals surface area contributed by atoms with Crippen LogP contribution in [0.1, 0.15) is 77.6 Å². The number of guanidine groups is 1. The molecule has 0 atom stereocenters.